The Balaban J connectivity index is 1.90. The molecule has 0 aliphatic carbocycles. The van der Waals surface area contributed by atoms with Gasteiger partial charge in [-0.05, 0) is 13.0 Å². The molecule has 2 atom stereocenters. The van der Waals surface area contributed by atoms with E-state index in [1.54, 1.807) is 16.7 Å². The largest absolute Gasteiger partial charge is 0.372 e. The van der Waals surface area contributed by atoms with Crippen molar-refractivity contribution in [1.82, 2.24) is 9.47 Å². The summed E-state index contributed by atoms with van der Waals surface area (Å²) >= 11 is 3.47. The van der Waals surface area contributed by atoms with Gasteiger partial charge >= 0.3 is 0 Å². The molecule has 0 N–H and O–H groups in total. The number of morpholine rings is 1. The van der Waals surface area contributed by atoms with E-state index in [-0.39, 0.29) is 17.8 Å². The van der Waals surface area contributed by atoms with E-state index in [2.05, 4.69) is 27.8 Å². The van der Waals surface area contributed by atoms with Crippen LogP contribution in [0.5, 0.6) is 0 Å². The Bertz CT molecular complexity index is 435. The Morgan fingerprint density at radius 1 is 1.39 bits per heavy atom. The molecule has 0 radical (unpaired) electrons. The van der Waals surface area contributed by atoms with Crippen molar-refractivity contribution >= 4 is 15.9 Å². The highest BCUT2D eigenvalue weighted by molar-refractivity contribution is 9.09. The number of pyridine rings is 1. The van der Waals surface area contributed by atoms with Crippen molar-refractivity contribution in [3.05, 3.63) is 34.7 Å². The smallest absolute Gasteiger partial charge is 0.250 e. The van der Waals surface area contributed by atoms with Gasteiger partial charge in [-0.3, -0.25) is 9.69 Å². The molecule has 2 unspecified atom stereocenters. The Hall–Kier alpha value is -0.650. The van der Waals surface area contributed by atoms with Crippen LogP contribution in [0.1, 0.15) is 6.92 Å². The van der Waals surface area contributed by atoms with E-state index in [1.165, 1.54) is 0 Å². The summed E-state index contributed by atoms with van der Waals surface area (Å²) in [7, 11) is 0. The number of nitrogens with zero attached hydrogens (tertiary/aromatic N) is 2. The molecule has 0 aromatic carbocycles. The Labute approximate surface area is 116 Å². The first kappa shape index (κ1) is 13.8. The van der Waals surface area contributed by atoms with Crippen molar-refractivity contribution in [2.24, 2.45) is 0 Å². The van der Waals surface area contributed by atoms with Crippen molar-refractivity contribution < 1.29 is 4.74 Å². The van der Waals surface area contributed by atoms with Gasteiger partial charge in [-0.15, -0.1) is 0 Å². The van der Waals surface area contributed by atoms with Crippen molar-refractivity contribution in [1.29, 1.82) is 0 Å². The molecule has 1 saturated heterocycles. The molecule has 1 aliphatic heterocycles. The van der Waals surface area contributed by atoms with E-state index in [4.69, 9.17) is 4.74 Å². The van der Waals surface area contributed by atoms with Gasteiger partial charge in [0.25, 0.3) is 5.56 Å². The summed E-state index contributed by atoms with van der Waals surface area (Å²) in [4.78, 5) is 13.9. The fraction of sp³-hybridized carbons (Fsp3) is 0.615. The second kappa shape index (κ2) is 6.50. The number of ether oxygens (including phenoxy) is 1. The van der Waals surface area contributed by atoms with Crippen LogP contribution >= 0.6 is 15.9 Å². The summed E-state index contributed by atoms with van der Waals surface area (Å²) in [5.41, 5.74) is 0.0656. The molecule has 0 spiro atoms. The van der Waals surface area contributed by atoms with E-state index in [0.717, 1.165) is 31.5 Å². The van der Waals surface area contributed by atoms with Crippen LogP contribution in [0.15, 0.2) is 29.2 Å². The van der Waals surface area contributed by atoms with Gasteiger partial charge in [-0.2, -0.15) is 0 Å². The number of hydrogen-bond acceptors (Lipinski definition) is 3. The average molecular weight is 315 g/mol. The van der Waals surface area contributed by atoms with E-state index < -0.39 is 0 Å². The van der Waals surface area contributed by atoms with E-state index in [9.17, 15) is 4.79 Å². The Kier molecular flexibility index (Phi) is 4.97. The predicted molar refractivity (Wildman–Crippen MR) is 75.3 cm³/mol. The van der Waals surface area contributed by atoms with E-state index >= 15 is 0 Å². The van der Waals surface area contributed by atoms with Gasteiger partial charge in [0.05, 0.1) is 12.2 Å². The number of alkyl halides is 1. The lowest BCUT2D eigenvalue weighted by Gasteiger charge is -2.36. The highest BCUT2D eigenvalue weighted by atomic mass is 79.9. The van der Waals surface area contributed by atoms with Crippen LogP contribution in [0.4, 0.5) is 0 Å². The van der Waals surface area contributed by atoms with Crippen LogP contribution in [0.3, 0.4) is 0 Å². The Morgan fingerprint density at radius 3 is 2.94 bits per heavy atom. The third kappa shape index (κ3) is 3.67. The van der Waals surface area contributed by atoms with Gasteiger partial charge in [0.1, 0.15) is 0 Å². The van der Waals surface area contributed by atoms with Crippen LogP contribution < -0.4 is 5.56 Å². The minimum absolute atomic E-state index is 0.0656. The molecule has 1 aromatic rings. The minimum atomic E-state index is 0.0656. The molecular formula is C13H19BrN2O2. The van der Waals surface area contributed by atoms with Gasteiger partial charge in [0, 0.05) is 43.8 Å². The quantitative estimate of drug-likeness (QED) is 0.786. The molecule has 1 fully saturated rings. The fourth-order valence-electron chi connectivity index (χ4n) is 2.30. The lowest BCUT2D eigenvalue weighted by Crippen LogP contribution is -2.48. The highest BCUT2D eigenvalue weighted by Gasteiger charge is 2.23. The predicted octanol–water partition coefficient (Wildman–Crippen LogP) is 1.33. The Morgan fingerprint density at radius 2 is 2.22 bits per heavy atom. The summed E-state index contributed by atoms with van der Waals surface area (Å²) in [6.45, 7) is 5.58. The fourth-order valence-corrected chi connectivity index (χ4v) is 2.66. The lowest BCUT2D eigenvalue weighted by atomic mass is 10.2. The van der Waals surface area contributed by atoms with Crippen LogP contribution in [-0.2, 0) is 11.3 Å². The molecule has 0 saturated carbocycles. The van der Waals surface area contributed by atoms with Gasteiger partial charge in [0.15, 0.2) is 0 Å². The molecule has 100 valence electrons. The van der Waals surface area contributed by atoms with Gasteiger partial charge < -0.3 is 9.30 Å². The number of aromatic nitrogens is 1. The second-order valence-electron chi connectivity index (χ2n) is 4.71. The van der Waals surface area contributed by atoms with Crippen molar-refractivity contribution in [2.75, 3.05) is 25.0 Å². The molecule has 0 bridgehead atoms. The minimum Gasteiger partial charge on any atom is -0.372 e. The zero-order valence-corrected chi connectivity index (χ0v) is 12.2. The average Bonchev–Trinajstić information content (AvgIpc) is 2.37. The third-order valence-electron chi connectivity index (χ3n) is 3.13. The molecule has 2 heterocycles. The van der Waals surface area contributed by atoms with Crippen molar-refractivity contribution in [3.63, 3.8) is 0 Å². The van der Waals surface area contributed by atoms with Gasteiger partial charge in [0.2, 0.25) is 0 Å². The summed E-state index contributed by atoms with van der Waals surface area (Å²) in [6, 6.07) is 5.27. The third-order valence-corrected chi connectivity index (χ3v) is 3.85. The van der Waals surface area contributed by atoms with Crippen LogP contribution in [0.2, 0.25) is 0 Å². The van der Waals surface area contributed by atoms with Crippen LogP contribution in [-0.4, -0.2) is 46.6 Å². The molecule has 0 amide bonds. The van der Waals surface area contributed by atoms with Crippen molar-refractivity contribution in [2.45, 2.75) is 25.7 Å². The molecule has 4 nitrogen and oxygen atoms in total. The SMILES string of the molecule is CC1CN(CCn2ccccc2=O)CC(CBr)O1. The molecule has 18 heavy (non-hydrogen) atoms. The summed E-state index contributed by atoms with van der Waals surface area (Å²) < 4.78 is 7.54. The molecule has 2 rings (SSSR count). The van der Waals surface area contributed by atoms with Crippen molar-refractivity contribution in [3.8, 4) is 0 Å². The normalized spacial score (nSPS) is 25.2. The second-order valence-corrected chi connectivity index (χ2v) is 5.36. The maximum absolute atomic E-state index is 11.6. The number of rotatable bonds is 4. The topological polar surface area (TPSA) is 34.5 Å². The summed E-state index contributed by atoms with van der Waals surface area (Å²) in [5, 5.41) is 0.860. The first-order chi connectivity index (χ1) is 8.69. The van der Waals surface area contributed by atoms with E-state index in [0.29, 0.717) is 0 Å². The first-order valence-electron chi connectivity index (χ1n) is 6.28. The summed E-state index contributed by atoms with van der Waals surface area (Å²) in [5.74, 6) is 0. The standard InChI is InChI=1S/C13H19BrN2O2/c1-11-9-15(10-12(8-14)18-11)6-7-16-5-3-2-4-13(16)17/h2-5,11-12H,6-10H2,1H3. The molecule has 1 aromatic heterocycles. The first-order valence-corrected chi connectivity index (χ1v) is 7.40. The molecule has 5 heteroatoms. The maximum Gasteiger partial charge on any atom is 0.250 e. The van der Waals surface area contributed by atoms with E-state index in [1.807, 2.05) is 12.3 Å². The maximum atomic E-state index is 11.6. The van der Waals surface area contributed by atoms with Gasteiger partial charge in [-0.1, -0.05) is 22.0 Å². The monoisotopic (exact) mass is 314 g/mol. The zero-order valence-electron chi connectivity index (χ0n) is 10.6. The van der Waals surface area contributed by atoms with Gasteiger partial charge in [-0.25, -0.2) is 0 Å². The summed E-state index contributed by atoms with van der Waals surface area (Å²) in [6.07, 6.45) is 2.35. The highest BCUT2D eigenvalue weighted by Crippen LogP contribution is 2.12. The van der Waals surface area contributed by atoms with Crippen LogP contribution in [0, 0.1) is 0 Å². The number of halogens is 1. The van der Waals surface area contributed by atoms with Crippen LogP contribution in [0.25, 0.3) is 0 Å². The lowest BCUT2D eigenvalue weighted by molar-refractivity contribution is -0.0659. The number of hydrogen-bond donors (Lipinski definition) is 0. The molecule has 1 aliphatic rings. The zero-order chi connectivity index (χ0) is 13.0. The molecular weight excluding hydrogens is 296 g/mol.